The van der Waals surface area contributed by atoms with Crippen LogP contribution in [0.25, 0.3) is 22.2 Å². The molecule has 1 aliphatic rings. The van der Waals surface area contributed by atoms with Gasteiger partial charge in [0.2, 0.25) is 0 Å². The number of pyridine rings is 1. The van der Waals surface area contributed by atoms with E-state index in [1.807, 2.05) is 18.3 Å². The molecule has 4 rings (SSSR count). The van der Waals surface area contributed by atoms with Crippen molar-refractivity contribution < 1.29 is 4.21 Å². The van der Waals surface area contributed by atoms with E-state index >= 15 is 0 Å². The number of hydrogen-bond donors (Lipinski definition) is 1. The zero-order chi connectivity index (χ0) is 19.7. The molecule has 2 aromatic heterocycles. The highest BCUT2D eigenvalue weighted by Crippen LogP contribution is 2.31. The first-order valence-electron chi connectivity index (χ1n) is 10.1. The first-order valence-corrected chi connectivity index (χ1v) is 11.3. The average Bonchev–Trinajstić information content (AvgIpc) is 3.46. The third-order valence-corrected chi connectivity index (χ3v) is 6.63. The van der Waals surface area contributed by atoms with Crippen LogP contribution in [0.5, 0.6) is 0 Å². The van der Waals surface area contributed by atoms with Crippen LogP contribution in [0.3, 0.4) is 0 Å². The molecule has 4 nitrogen and oxygen atoms in total. The number of hydrogen-bond acceptors (Lipinski definition) is 2. The van der Waals surface area contributed by atoms with Gasteiger partial charge in [-0.05, 0) is 54.5 Å². The maximum atomic E-state index is 12.0. The van der Waals surface area contributed by atoms with E-state index in [4.69, 9.17) is 0 Å². The predicted molar refractivity (Wildman–Crippen MR) is 117 cm³/mol. The Morgan fingerprint density at radius 2 is 2.04 bits per heavy atom. The van der Waals surface area contributed by atoms with Gasteiger partial charge >= 0.3 is 0 Å². The first-order chi connectivity index (χ1) is 13.4. The molecule has 0 aliphatic heterocycles. The number of fused-ring (bicyclic) bond motifs is 1. The topological polar surface area (TPSA) is 46.9 Å². The fourth-order valence-corrected chi connectivity index (χ4v) is 4.72. The van der Waals surface area contributed by atoms with Crippen LogP contribution in [-0.4, -0.2) is 25.6 Å². The molecule has 148 valence electrons. The maximum Gasteiger partial charge on any atom is 0.0947 e. The monoisotopic (exact) mass is 395 g/mol. The van der Waals surface area contributed by atoms with E-state index in [0.29, 0.717) is 5.25 Å². The Morgan fingerprint density at radius 1 is 1.21 bits per heavy atom. The molecule has 0 spiro atoms. The van der Waals surface area contributed by atoms with Crippen molar-refractivity contribution in [3.05, 3.63) is 54.4 Å². The van der Waals surface area contributed by atoms with Gasteiger partial charge in [-0.15, -0.1) is 0 Å². The highest BCUT2D eigenvalue weighted by molar-refractivity contribution is 7.84. The third kappa shape index (κ3) is 4.53. The van der Waals surface area contributed by atoms with E-state index < -0.39 is 11.0 Å². The van der Waals surface area contributed by atoms with Crippen molar-refractivity contribution >= 4 is 21.9 Å². The maximum absolute atomic E-state index is 12.0. The van der Waals surface area contributed by atoms with Crippen molar-refractivity contribution in [3.63, 3.8) is 0 Å². The van der Waals surface area contributed by atoms with Crippen LogP contribution in [0.2, 0.25) is 0 Å². The number of nitrogens with one attached hydrogen (secondary N) is 1. The van der Waals surface area contributed by atoms with Crippen LogP contribution in [-0.2, 0) is 24.0 Å². The van der Waals surface area contributed by atoms with Crippen molar-refractivity contribution in [2.75, 3.05) is 6.54 Å². The quantitative estimate of drug-likeness (QED) is 0.630. The Hall–Kier alpha value is -1.98. The second-order valence-electron chi connectivity index (χ2n) is 8.92. The lowest BCUT2D eigenvalue weighted by Crippen LogP contribution is -2.24. The SMILES string of the molecule is CC(C)(C)Cc1cn(CCNS(=O)C2CC2)c2ccc(-c3ccccn3)cc12. The summed E-state index contributed by atoms with van der Waals surface area (Å²) in [5.41, 5.74) is 4.96. The second kappa shape index (κ2) is 7.80. The summed E-state index contributed by atoms with van der Waals surface area (Å²) in [5.74, 6) is 0. The summed E-state index contributed by atoms with van der Waals surface area (Å²) in [7, 11) is -0.877. The molecule has 1 saturated carbocycles. The molecular formula is C23H29N3OS. The fourth-order valence-electron chi connectivity index (χ4n) is 3.63. The fraction of sp³-hybridized carbons (Fsp3) is 0.435. The van der Waals surface area contributed by atoms with Gasteiger partial charge in [0.05, 0.1) is 16.7 Å². The number of benzene rings is 1. The van der Waals surface area contributed by atoms with E-state index in [-0.39, 0.29) is 5.41 Å². The molecule has 0 saturated heterocycles. The lowest BCUT2D eigenvalue weighted by Gasteiger charge is -2.17. The lowest BCUT2D eigenvalue weighted by atomic mass is 9.88. The molecule has 3 aromatic rings. The Morgan fingerprint density at radius 3 is 2.71 bits per heavy atom. The minimum atomic E-state index is -0.877. The number of rotatable bonds is 7. The smallest absolute Gasteiger partial charge is 0.0947 e. The minimum absolute atomic E-state index is 0.214. The summed E-state index contributed by atoms with van der Waals surface area (Å²) in [6.45, 7) is 8.38. The minimum Gasteiger partial charge on any atom is -0.346 e. The van der Waals surface area contributed by atoms with Gasteiger partial charge in [-0.3, -0.25) is 4.98 Å². The van der Waals surface area contributed by atoms with Crippen LogP contribution in [0, 0.1) is 5.41 Å². The molecule has 0 bridgehead atoms. The molecule has 5 heteroatoms. The highest BCUT2D eigenvalue weighted by Gasteiger charge is 2.28. The Balaban J connectivity index is 1.64. The van der Waals surface area contributed by atoms with Gasteiger partial charge in [0.1, 0.15) is 0 Å². The van der Waals surface area contributed by atoms with Gasteiger partial charge in [0.25, 0.3) is 0 Å². The lowest BCUT2D eigenvalue weighted by molar-refractivity contribution is 0.412. The van der Waals surface area contributed by atoms with Crippen LogP contribution >= 0.6 is 0 Å². The van der Waals surface area contributed by atoms with Crippen LogP contribution in [0.1, 0.15) is 39.2 Å². The van der Waals surface area contributed by atoms with Gasteiger partial charge in [0, 0.05) is 47.2 Å². The average molecular weight is 396 g/mol. The summed E-state index contributed by atoms with van der Waals surface area (Å²) in [6.07, 6.45) is 7.33. The van der Waals surface area contributed by atoms with E-state index in [9.17, 15) is 4.21 Å². The molecule has 1 fully saturated rings. The Bertz CT molecular complexity index is 984. The van der Waals surface area contributed by atoms with Crippen molar-refractivity contribution in [3.8, 4) is 11.3 Å². The zero-order valence-electron chi connectivity index (χ0n) is 16.9. The molecule has 1 aliphatic carbocycles. The molecule has 28 heavy (non-hydrogen) atoms. The van der Waals surface area contributed by atoms with Gasteiger partial charge in [0.15, 0.2) is 0 Å². The molecular weight excluding hydrogens is 366 g/mol. The standard InChI is InChI=1S/C23H29N3OS/c1-23(2,3)15-18-16-26(13-12-25-28(27)19-8-9-19)22-10-7-17(14-20(18)22)21-6-4-5-11-24-21/h4-7,10-11,14,16,19,25H,8-9,12-13,15H2,1-3H3. The number of aromatic nitrogens is 2. The van der Waals surface area contributed by atoms with Crippen molar-refractivity contribution in [1.82, 2.24) is 14.3 Å². The van der Waals surface area contributed by atoms with Gasteiger partial charge < -0.3 is 4.57 Å². The van der Waals surface area contributed by atoms with Crippen LogP contribution in [0.4, 0.5) is 0 Å². The first kappa shape index (κ1) is 19.3. The third-order valence-electron chi connectivity index (χ3n) is 5.07. The summed E-state index contributed by atoms with van der Waals surface area (Å²) in [4.78, 5) is 4.51. The van der Waals surface area contributed by atoms with Gasteiger partial charge in [-0.1, -0.05) is 32.9 Å². The van der Waals surface area contributed by atoms with Crippen LogP contribution in [0.15, 0.2) is 48.8 Å². The summed E-state index contributed by atoms with van der Waals surface area (Å²) in [6, 6.07) is 12.6. The van der Waals surface area contributed by atoms with Crippen LogP contribution < -0.4 is 4.72 Å². The van der Waals surface area contributed by atoms with E-state index in [2.05, 4.69) is 65.5 Å². The second-order valence-corrected chi connectivity index (χ2v) is 10.5. The van der Waals surface area contributed by atoms with Gasteiger partial charge in [-0.25, -0.2) is 8.93 Å². The molecule has 0 radical (unpaired) electrons. The normalized spacial score (nSPS) is 15.8. The molecule has 1 N–H and O–H groups in total. The molecule has 1 unspecified atom stereocenters. The Kier molecular flexibility index (Phi) is 5.39. The van der Waals surface area contributed by atoms with Crippen molar-refractivity contribution in [2.45, 2.75) is 51.8 Å². The van der Waals surface area contributed by atoms with E-state index in [0.717, 1.165) is 43.6 Å². The predicted octanol–water partition coefficient (Wildman–Crippen LogP) is 4.71. The summed E-state index contributed by atoms with van der Waals surface area (Å²) < 4.78 is 17.5. The largest absolute Gasteiger partial charge is 0.346 e. The molecule has 1 aromatic carbocycles. The molecule has 2 heterocycles. The summed E-state index contributed by atoms with van der Waals surface area (Å²) >= 11 is 0. The van der Waals surface area contributed by atoms with E-state index in [1.165, 1.54) is 16.5 Å². The number of nitrogens with zero attached hydrogens (tertiary/aromatic N) is 2. The Labute approximate surface area is 170 Å². The van der Waals surface area contributed by atoms with Crippen molar-refractivity contribution in [1.29, 1.82) is 0 Å². The van der Waals surface area contributed by atoms with E-state index in [1.54, 1.807) is 0 Å². The molecule has 0 amide bonds. The van der Waals surface area contributed by atoms with Crippen molar-refractivity contribution in [2.24, 2.45) is 5.41 Å². The molecule has 1 atom stereocenters. The zero-order valence-corrected chi connectivity index (χ0v) is 17.8. The van der Waals surface area contributed by atoms with Gasteiger partial charge in [-0.2, -0.15) is 0 Å². The highest BCUT2D eigenvalue weighted by atomic mass is 32.2. The summed E-state index contributed by atoms with van der Waals surface area (Å²) in [5, 5.41) is 1.67.